The van der Waals surface area contributed by atoms with Crippen molar-refractivity contribution in [3.05, 3.63) is 30.1 Å². The number of nitrogens with one attached hydrogen (secondary N) is 1. The van der Waals surface area contributed by atoms with Gasteiger partial charge in [0, 0.05) is 31.4 Å². The number of halogens is 1. The Labute approximate surface area is 112 Å². The van der Waals surface area contributed by atoms with Crippen LogP contribution in [-0.4, -0.2) is 36.8 Å². The average Bonchev–Trinajstić information content (AvgIpc) is 2.39. The van der Waals surface area contributed by atoms with Crippen molar-refractivity contribution in [2.24, 2.45) is 0 Å². The molecular formula is C14H19FN2O2. The maximum absolute atomic E-state index is 12.9. The number of carboxylic acid groups (broad SMARTS) is 1. The maximum Gasteiger partial charge on any atom is 0.304 e. The summed E-state index contributed by atoms with van der Waals surface area (Å²) in [5, 5.41) is 11.9. The van der Waals surface area contributed by atoms with Gasteiger partial charge in [-0.15, -0.1) is 0 Å². The molecule has 1 aliphatic heterocycles. The standard InChI is InChI=1S/C14H19FN2O2/c15-11-3-5-13(6-4-11)17-9-1-2-12(10-17)16-8-7-14(18)19/h3-6,12,16H,1-2,7-10H2,(H,18,19). The van der Waals surface area contributed by atoms with Gasteiger partial charge in [0.2, 0.25) is 0 Å². The number of rotatable bonds is 5. The second-order valence-electron chi connectivity index (χ2n) is 4.86. The van der Waals surface area contributed by atoms with E-state index in [2.05, 4.69) is 10.2 Å². The minimum absolute atomic E-state index is 0.146. The number of aliphatic carboxylic acids is 1. The molecule has 104 valence electrons. The van der Waals surface area contributed by atoms with Gasteiger partial charge in [0.15, 0.2) is 0 Å². The number of nitrogens with zero attached hydrogens (tertiary/aromatic N) is 1. The van der Waals surface area contributed by atoms with E-state index >= 15 is 0 Å². The average molecular weight is 266 g/mol. The summed E-state index contributed by atoms with van der Waals surface area (Å²) in [7, 11) is 0. The lowest BCUT2D eigenvalue weighted by Crippen LogP contribution is -2.46. The van der Waals surface area contributed by atoms with Crippen molar-refractivity contribution < 1.29 is 14.3 Å². The molecule has 1 aliphatic rings. The van der Waals surface area contributed by atoms with E-state index in [0.29, 0.717) is 12.6 Å². The first kappa shape index (κ1) is 13.8. The highest BCUT2D eigenvalue weighted by Crippen LogP contribution is 2.20. The number of hydrogen-bond acceptors (Lipinski definition) is 3. The summed E-state index contributed by atoms with van der Waals surface area (Å²) < 4.78 is 12.9. The minimum atomic E-state index is -0.779. The number of anilines is 1. The predicted octanol–water partition coefficient (Wildman–Crippen LogP) is 1.86. The van der Waals surface area contributed by atoms with Crippen LogP contribution in [0.3, 0.4) is 0 Å². The molecule has 4 nitrogen and oxygen atoms in total. The topological polar surface area (TPSA) is 52.6 Å². The van der Waals surface area contributed by atoms with Crippen LogP contribution in [0.2, 0.25) is 0 Å². The Morgan fingerprint density at radius 3 is 2.84 bits per heavy atom. The largest absolute Gasteiger partial charge is 0.481 e. The van der Waals surface area contributed by atoms with Gasteiger partial charge in [0.25, 0.3) is 0 Å². The summed E-state index contributed by atoms with van der Waals surface area (Å²) in [4.78, 5) is 12.7. The van der Waals surface area contributed by atoms with Crippen molar-refractivity contribution in [1.82, 2.24) is 5.32 Å². The lowest BCUT2D eigenvalue weighted by Gasteiger charge is -2.34. The zero-order valence-corrected chi connectivity index (χ0v) is 10.8. The molecule has 0 spiro atoms. The second-order valence-corrected chi connectivity index (χ2v) is 4.86. The monoisotopic (exact) mass is 266 g/mol. The van der Waals surface area contributed by atoms with E-state index in [1.165, 1.54) is 12.1 Å². The summed E-state index contributed by atoms with van der Waals surface area (Å²) >= 11 is 0. The number of piperidine rings is 1. The highest BCUT2D eigenvalue weighted by atomic mass is 19.1. The molecule has 0 amide bonds. The molecule has 1 aromatic carbocycles. The van der Waals surface area contributed by atoms with E-state index < -0.39 is 5.97 Å². The first-order valence-corrected chi connectivity index (χ1v) is 6.61. The molecule has 2 N–H and O–H groups in total. The number of benzene rings is 1. The fraction of sp³-hybridized carbons (Fsp3) is 0.500. The van der Waals surface area contributed by atoms with Crippen LogP contribution in [0.1, 0.15) is 19.3 Å². The van der Waals surface area contributed by atoms with Gasteiger partial charge >= 0.3 is 5.97 Å². The smallest absolute Gasteiger partial charge is 0.304 e. The molecule has 2 rings (SSSR count). The van der Waals surface area contributed by atoms with Crippen molar-refractivity contribution in [1.29, 1.82) is 0 Å². The number of carboxylic acids is 1. The SMILES string of the molecule is O=C(O)CCNC1CCCN(c2ccc(F)cc2)C1. The van der Waals surface area contributed by atoms with Gasteiger partial charge in [0.05, 0.1) is 6.42 Å². The lowest BCUT2D eigenvalue weighted by atomic mass is 10.0. The van der Waals surface area contributed by atoms with Gasteiger partial charge in [-0.05, 0) is 37.1 Å². The molecule has 5 heteroatoms. The van der Waals surface area contributed by atoms with Crippen molar-refractivity contribution in [2.45, 2.75) is 25.3 Å². The van der Waals surface area contributed by atoms with Crippen LogP contribution in [0.25, 0.3) is 0 Å². The van der Waals surface area contributed by atoms with Gasteiger partial charge in [-0.3, -0.25) is 4.79 Å². The van der Waals surface area contributed by atoms with E-state index in [9.17, 15) is 9.18 Å². The van der Waals surface area contributed by atoms with Crippen molar-refractivity contribution in [3.8, 4) is 0 Å². The summed E-state index contributed by atoms with van der Waals surface area (Å²) in [5.74, 6) is -1.00. The third kappa shape index (κ3) is 4.21. The molecule has 1 saturated heterocycles. The fourth-order valence-corrected chi connectivity index (χ4v) is 2.41. The normalized spacial score (nSPS) is 19.4. The Morgan fingerprint density at radius 1 is 1.42 bits per heavy atom. The molecule has 1 atom stereocenters. The predicted molar refractivity (Wildman–Crippen MR) is 71.9 cm³/mol. The first-order chi connectivity index (χ1) is 9.15. The molecule has 0 aromatic heterocycles. The van der Waals surface area contributed by atoms with Crippen molar-refractivity contribution in [2.75, 3.05) is 24.5 Å². The zero-order chi connectivity index (χ0) is 13.7. The summed E-state index contributed by atoms with van der Waals surface area (Å²) in [6.45, 7) is 2.30. The van der Waals surface area contributed by atoms with Gasteiger partial charge in [-0.2, -0.15) is 0 Å². The summed E-state index contributed by atoms with van der Waals surface area (Å²) in [6.07, 6.45) is 2.26. The summed E-state index contributed by atoms with van der Waals surface area (Å²) in [6, 6.07) is 6.82. The molecule has 0 aliphatic carbocycles. The van der Waals surface area contributed by atoms with E-state index in [1.54, 1.807) is 12.1 Å². The Balaban J connectivity index is 1.86. The quantitative estimate of drug-likeness (QED) is 0.854. The molecule has 1 aromatic rings. The van der Waals surface area contributed by atoms with Crippen molar-refractivity contribution >= 4 is 11.7 Å². The number of hydrogen-bond donors (Lipinski definition) is 2. The minimum Gasteiger partial charge on any atom is -0.481 e. The van der Waals surface area contributed by atoms with Crippen molar-refractivity contribution in [3.63, 3.8) is 0 Å². The van der Waals surface area contributed by atoms with Crippen LogP contribution < -0.4 is 10.2 Å². The first-order valence-electron chi connectivity index (χ1n) is 6.61. The van der Waals surface area contributed by atoms with Crippen LogP contribution in [0.5, 0.6) is 0 Å². The molecule has 0 saturated carbocycles. The van der Waals surface area contributed by atoms with Gasteiger partial charge in [0.1, 0.15) is 5.82 Å². The van der Waals surface area contributed by atoms with Gasteiger partial charge < -0.3 is 15.3 Å². The van der Waals surface area contributed by atoms with Gasteiger partial charge in [-0.1, -0.05) is 0 Å². The van der Waals surface area contributed by atoms with Gasteiger partial charge in [-0.25, -0.2) is 4.39 Å². The molecular weight excluding hydrogens is 247 g/mol. The van der Waals surface area contributed by atoms with Crippen LogP contribution in [0, 0.1) is 5.82 Å². The third-order valence-electron chi connectivity index (χ3n) is 3.39. The fourth-order valence-electron chi connectivity index (χ4n) is 2.41. The highest BCUT2D eigenvalue weighted by molar-refractivity contribution is 5.66. The lowest BCUT2D eigenvalue weighted by molar-refractivity contribution is -0.136. The van der Waals surface area contributed by atoms with Crippen LogP contribution >= 0.6 is 0 Å². The van der Waals surface area contributed by atoms with E-state index in [-0.39, 0.29) is 12.2 Å². The van der Waals surface area contributed by atoms with Crippen LogP contribution in [0.15, 0.2) is 24.3 Å². The Morgan fingerprint density at radius 2 is 2.16 bits per heavy atom. The van der Waals surface area contributed by atoms with Crippen LogP contribution in [-0.2, 0) is 4.79 Å². The zero-order valence-electron chi connectivity index (χ0n) is 10.8. The van der Waals surface area contributed by atoms with Crippen LogP contribution in [0.4, 0.5) is 10.1 Å². The Bertz CT molecular complexity index is 422. The second kappa shape index (κ2) is 6.52. The van der Waals surface area contributed by atoms with E-state index in [1.807, 2.05) is 0 Å². The van der Waals surface area contributed by atoms with E-state index in [4.69, 9.17) is 5.11 Å². The number of carbonyl (C=O) groups is 1. The maximum atomic E-state index is 12.9. The molecule has 0 bridgehead atoms. The molecule has 1 unspecified atom stereocenters. The summed E-state index contributed by atoms with van der Waals surface area (Å²) in [5.41, 5.74) is 1.02. The molecule has 0 radical (unpaired) electrons. The third-order valence-corrected chi connectivity index (χ3v) is 3.39. The Kier molecular flexibility index (Phi) is 4.74. The highest BCUT2D eigenvalue weighted by Gasteiger charge is 2.19. The molecule has 1 fully saturated rings. The molecule has 1 heterocycles. The van der Waals surface area contributed by atoms with E-state index in [0.717, 1.165) is 31.6 Å². The molecule has 19 heavy (non-hydrogen) atoms. The Hall–Kier alpha value is -1.62.